The van der Waals surface area contributed by atoms with Crippen molar-refractivity contribution in [2.45, 2.75) is 26.2 Å². The van der Waals surface area contributed by atoms with Crippen LogP contribution < -0.4 is 0 Å². The third-order valence-corrected chi connectivity index (χ3v) is 4.14. The molecule has 2 aromatic rings. The molecule has 0 unspecified atom stereocenters. The zero-order chi connectivity index (χ0) is 11.3. The van der Waals surface area contributed by atoms with Crippen LogP contribution in [0.4, 0.5) is 0 Å². The molecule has 1 aliphatic carbocycles. The molecule has 0 spiro atoms. The Labute approximate surface area is 104 Å². The van der Waals surface area contributed by atoms with Crippen molar-refractivity contribution < 1.29 is 0 Å². The van der Waals surface area contributed by atoms with E-state index < -0.39 is 0 Å². The fourth-order valence-electron chi connectivity index (χ4n) is 2.38. The molecule has 0 saturated carbocycles. The van der Waals surface area contributed by atoms with Crippen molar-refractivity contribution in [2.24, 2.45) is 0 Å². The molecule has 0 radical (unpaired) electrons. The highest BCUT2D eigenvalue weighted by Gasteiger charge is 2.19. The van der Waals surface area contributed by atoms with Gasteiger partial charge in [0.1, 0.15) is 0 Å². The Hall–Kier alpha value is -0.790. The van der Waals surface area contributed by atoms with Crippen molar-refractivity contribution in [1.82, 2.24) is 4.98 Å². The smallest absolute Gasteiger partial charge is 0.0764 e. The number of rotatable bonds is 0. The summed E-state index contributed by atoms with van der Waals surface area (Å²) in [5, 5.41) is 2.66. The predicted octanol–water partition coefficient (Wildman–Crippen LogP) is 4.34. The molecular formula is C13H11Cl2N. The summed E-state index contributed by atoms with van der Waals surface area (Å²) in [6, 6.07) is 3.87. The highest BCUT2D eigenvalue weighted by molar-refractivity contribution is 6.37. The van der Waals surface area contributed by atoms with E-state index in [1.54, 1.807) is 0 Å². The van der Waals surface area contributed by atoms with Crippen LogP contribution in [0, 0.1) is 6.92 Å². The summed E-state index contributed by atoms with van der Waals surface area (Å²) in [6.07, 6.45) is 3.25. The second kappa shape index (κ2) is 3.61. The molecule has 0 atom stereocenters. The second-order valence-corrected chi connectivity index (χ2v) is 5.06. The zero-order valence-electron chi connectivity index (χ0n) is 8.98. The number of pyridine rings is 1. The molecule has 0 aliphatic heterocycles. The first-order valence-electron chi connectivity index (χ1n) is 5.44. The quantitative estimate of drug-likeness (QED) is 0.679. The molecule has 1 aromatic heterocycles. The van der Waals surface area contributed by atoms with Crippen LogP contribution in [0.15, 0.2) is 12.1 Å². The molecule has 1 aliphatic rings. The Morgan fingerprint density at radius 1 is 1.19 bits per heavy atom. The van der Waals surface area contributed by atoms with Gasteiger partial charge in [0.25, 0.3) is 0 Å². The number of benzene rings is 1. The van der Waals surface area contributed by atoms with Gasteiger partial charge in [0, 0.05) is 16.1 Å². The summed E-state index contributed by atoms with van der Waals surface area (Å²) in [4.78, 5) is 4.71. The van der Waals surface area contributed by atoms with E-state index in [1.165, 1.54) is 5.56 Å². The maximum atomic E-state index is 6.43. The molecule has 1 heterocycles. The summed E-state index contributed by atoms with van der Waals surface area (Å²) in [7, 11) is 0. The number of nitrogens with zero attached hydrogens (tertiary/aromatic N) is 1. The summed E-state index contributed by atoms with van der Waals surface area (Å²) in [5.74, 6) is 0. The van der Waals surface area contributed by atoms with Gasteiger partial charge in [-0.05, 0) is 49.4 Å². The number of aromatic nitrogens is 1. The van der Waals surface area contributed by atoms with Crippen LogP contribution in [0.1, 0.15) is 23.2 Å². The lowest BCUT2D eigenvalue weighted by molar-refractivity contribution is 0.901. The SMILES string of the molecule is Cc1c(Cl)ccc2c(Cl)c3c(nc12)CCC3. The molecule has 0 saturated heterocycles. The van der Waals surface area contributed by atoms with Gasteiger partial charge in [-0.1, -0.05) is 23.2 Å². The van der Waals surface area contributed by atoms with Gasteiger partial charge < -0.3 is 0 Å². The average Bonchev–Trinajstić information content (AvgIpc) is 2.73. The third kappa shape index (κ3) is 1.35. The standard InChI is InChI=1S/C13H11Cl2N/c1-7-10(14)6-5-9-12(15)8-3-2-4-11(8)16-13(7)9/h5-6H,2-4H2,1H3. The number of hydrogen-bond acceptors (Lipinski definition) is 1. The second-order valence-electron chi connectivity index (χ2n) is 4.27. The minimum Gasteiger partial charge on any atom is -0.252 e. The van der Waals surface area contributed by atoms with E-state index in [9.17, 15) is 0 Å². The van der Waals surface area contributed by atoms with E-state index in [2.05, 4.69) is 0 Å². The number of hydrogen-bond donors (Lipinski definition) is 0. The minimum atomic E-state index is 0.758. The molecule has 0 N–H and O–H groups in total. The van der Waals surface area contributed by atoms with Gasteiger partial charge in [-0.25, -0.2) is 0 Å². The lowest BCUT2D eigenvalue weighted by atomic mass is 10.1. The van der Waals surface area contributed by atoms with Crippen LogP contribution in [0.5, 0.6) is 0 Å². The van der Waals surface area contributed by atoms with Crippen LogP contribution in [0.3, 0.4) is 0 Å². The van der Waals surface area contributed by atoms with Crippen molar-refractivity contribution in [3.8, 4) is 0 Å². The number of aryl methyl sites for hydroxylation is 2. The van der Waals surface area contributed by atoms with E-state index in [0.29, 0.717) is 0 Å². The van der Waals surface area contributed by atoms with Crippen LogP contribution >= 0.6 is 23.2 Å². The highest BCUT2D eigenvalue weighted by atomic mass is 35.5. The predicted molar refractivity (Wildman–Crippen MR) is 68.5 cm³/mol. The molecule has 82 valence electrons. The number of fused-ring (bicyclic) bond motifs is 2. The molecular weight excluding hydrogens is 241 g/mol. The first kappa shape index (κ1) is 10.4. The molecule has 0 fully saturated rings. The van der Waals surface area contributed by atoms with E-state index in [0.717, 1.165) is 51.5 Å². The van der Waals surface area contributed by atoms with Crippen molar-refractivity contribution in [3.63, 3.8) is 0 Å². The highest BCUT2D eigenvalue weighted by Crippen LogP contribution is 2.36. The Morgan fingerprint density at radius 2 is 2.00 bits per heavy atom. The van der Waals surface area contributed by atoms with Crippen molar-refractivity contribution in [3.05, 3.63) is 39.0 Å². The normalized spacial score (nSPS) is 14.4. The molecule has 0 bridgehead atoms. The van der Waals surface area contributed by atoms with Crippen molar-refractivity contribution in [2.75, 3.05) is 0 Å². The van der Waals surface area contributed by atoms with Gasteiger partial charge >= 0.3 is 0 Å². The summed E-state index contributed by atoms with van der Waals surface area (Å²) in [6.45, 7) is 2.00. The Balaban J connectivity index is 2.46. The number of halogens is 2. The summed E-state index contributed by atoms with van der Waals surface area (Å²) >= 11 is 12.5. The Bertz CT molecular complexity index is 590. The van der Waals surface area contributed by atoms with Crippen LogP contribution in [-0.4, -0.2) is 4.98 Å². The minimum absolute atomic E-state index is 0.758. The fourth-order valence-corrected chi connectivity index (χ4v) is 2.89. The Morgan fingerprint density at radius 3 is 2.81 bits per heavy atom. The van der Waals surface area contributed by atoms with Gasteiger partial charge in [0.05, 0.1) is 10.5 Å². The molecule has 16 heavy (non-hydrogen) atoms. The van der Waals surface area contributed by atoms with Crippen molar-refractivity contribution >= 4 is 34.1 Å². The first-order chi connectivity index (χ1) is 7.68. The van der Waals surface area contributed by atoms with Gasteiger partial charge in [-0.3, -0.25) is 4.98 Å². The maximum absolute atomic E-state index is 6.43. The Kier molecular flexibility index (Phi) is 2.34. The zero-order valence-corrected chi connectivity index (χ0v) is 10.5. The monoisotopic (exact) mass is 251 g/mol. The van der Waals surface area contributed by atoms with Gasteiger partial charge in [0.15, 0.2) is 0 Å². The molecule has 3 rings (SSSR count). The third-order valence-electron chi connectivity index (χ3n) is 3.30. The van der Waals surface area contributed by atoms with Crippen molar-refractivity contribution in [1.29, 1.82) is 0 Å². The van der Waals surface area contributed by atoms with Gasteiger partial charge in [-0.15, -0.1) is 0 Å². The van der Waals surface area contributed by atoms with Crippen LogP contribution in [0.2, 0.25) is 10.0 Å². The molecule has 1 nitrogen and oxygen atoms in total. The van der Waals surface area contributed by atoms with Gasteiger partial charge in [-0.2, -0.15) is 0 Å². The fraction of sp³-hybridized carbons (Fsp3) is 0.308. The van der Waals surface area contributed by atoms with E-state index in [4.69, 9.17) is 28.2 Å². The molecule has 0 amide bonds. The largest absolute Gasteiger partial charge is 0.252 e. The summed E-state index contributed by atoms with van der Waals surface area (Å²) in [5.41, 5.74) is 4.37. The van der Waals surface area contributed by atoms with E-state index in [-0.39, 0.29) is 0 Å². The van der Waals surface area contributed by atoms with E-state index in [1.807, 2.05) is 19.1 Å². The van der Waals surface area contributed by atoms with Crippen LogP contribution in [0.25, 0.3) is 10.9 Å². The molecule has 1 aromatic carbocycles. The van der Waals surface area contributed by atoms with E-state index >= 15 is 0 Å². The topological polar surface area (TPSA) is 12.9 Å². The average molecular weight is 252 g/mol. The molecule has 3 heteroatoms. The lowest BCUT2D eigenvalue weighted by Crippen LogP contribution is -1.94. The maximum Gasteiger partial charge on any atom is 0.0764 e. The van der Waals surface area contributed by atoms with Gasteiger partial charge in [0.2, 0.25) is 0 Å². The van der Waals surface area contributed by atoms with Crippen LogP contribution in [-0.2, 0) is 12.8 Å². The first-order valence-corrected chi connectivity index (χ1v) is 6.20. The summed E-state index contributed by atoms with van der Waals surface area (Å²) < 4.78 is 0. The lowest BCUT2D eigenvalue weighted by Gasteiger charge is -2.09.